The predicted molar refractivity (Wildman–Crippen MR) is 63.3 cm³/mol. The Morgan fingerprint density at radius 3 is 2.94 bits per heavy atom. The summed E-state index contributed by atoms with van der Waals surface area (Å²) in [4.78, 5) is 11.4. The summed E-state index contributed by atoms with van der Waals surface area (Å²) in [6.07, 6.45) is 0. The van der Waals surface area contributed by atoms with Crippen LogP contribution in [-0.2, 0) is 15.6 Å². The first-order valence-corrected chi connectivity index (χ1v) is 6.29. The molecule has 0 radical (unpaired) electrons. The van der Waals surface area contributed by atoms with Gasteiger partial charge >= 0.3 is 0 Å². The van der Waals surface area contributed by atoms with Crippen molar-refractivity contribution < 1.29 is 9.00 Å². The lowest BCUT2D eigenvalue weighted by Gasteiger charge is -2.04. The monoisotopic (exact) mass is 236 g/mol. The second-order valence-electron chi connectivity index (χ2n) is 3.11. The van der Waals surface area contributed by atoms with Crippen molar-refractivity contribution >= 4 is 22.4 Å². The van der Waals surface area contributed by atoms with Gasteiger partial charge in [-0.15, -0.1) is 0 Å². The number of rotatable bonds is 4. The van der Waals surface area contributed by atoms with Crippen LogP contribution in [0.3, 0.4) is 0 Å². The van der Waals surface area contributed by atoms with Gasteiger partial charge in [0, 0.05) is 22.2 Å². The van der Waals surface area contributed by atoms with Crippen LogP contribution in [0, 0.1) is 11.3 Å². The maximum Gasteiger partial charge on any atom is 0.236 e. The number of carbonyl (C=O) groups excluding carboxylic acids is 1. The summed E-state index contributed by atoms with van der Waals surface area (Å²) in [7, 11) is -1.11. The normalized spacial score (nSPS) is 11.5. The van der Waals surface area contributed by atoms with Crippen molar-refractivity contribution in [2.24, 2.45) is 0 Å². The molecule has 0 saturated carbocycles. The summed E-state index contributed by atoms with van der Waals surface area (Å²) in [5.41, 5.74) is 1.03. The highest BCUT2D eigenvalue weighted by Crippen LogP contribution is 2.09. The first-order chi connectivity index (χ1) is 7.65. The molecule has 0 fully saturated rings. The van der Waals surface area contributed by atoms with Gasteiger partial charge in [-0.2, -0.15) is 5.26 Å². The van der Waals surface area contributed by atoms with Crippen LogP contribution < -0.4 is 5.32 Å². The number of hydrogen-bond acceptors (Lipinski definition) is 3. The minimum atomic E-state index is -1.11. The van der Waals surface area contributed by atoms with E-state index >= 15 is 0 Å². The van der Waals surface area contributed by atoms with Crippen LogP contribution in [0.2, 0.25) is 0 Å². The van der Waals surface area contributed by atoms with Crippen molar-refractivity contribution in [1.82, 2.24) is 0 Å². The highest BCUT2D eigenvalue weighted by atomic mass is 32.2. The van der Waals surface area contributed by atoms with E-state index < -0.39 is 10.8 Å². The van der Waals surface area contributed by atoms with Gasteiger partial charge < -0.3 is 5.32 Å². The standard InChI is InChI=1S/C11H12N2O2S/c1-2-16(15)8-11(14)13-10-5-3-4-9(6-10)7-12/h3-6H,2,8H2,1H3,(H,13,14). The summed E-state index contributed by atoms with van der Waals surface area (Å²) < 4.78 is 11.1. The van der Waals surface area contributed by atoms with Crippen LogP contribution in [0.5, 0.6) is 0 Å². The molecule has 0 aliphatic carbocycles. The number of nitrogens with zero attached hydrogens (tertiary/aromatic N) is 1. The van der Waals surface area contributed by atoms with Crippen molar-refractivity contribution in [2.75, 3.05) is 16.8 Å². The zero-order chi connectivity index (χ0) is 12.0. The summed E-state index contributed by atoms with van der Waals surface area (Å²) >= 11 is 0. The molecule has 4 nitrogen and oxygen atoms in total. The van der Waals surface area contributed by atoms with Crippen LogP contribution in [0.4, 0.5) is 5.69 Å². The van der Waals surface area contributed by atoms with Gasteiger partial charge in [0.05, 0.1) is 11.6 Å². The lowest BCUT2D eigenvalue weighted by molar-refractivity contribution is -0.113. The second-order valence-corrected chi connectivity index (χ2v) is 4.86. The van der Waals surface area contributed by atoms with Gasteiger partial charge in [0.15, 0.2) is 0 Å². The average Bonchev–Trinajstić information content (AvgIpc) is 2.28. The van der Waals surface area contributed by atoms with Gasteiger partial charge in [-0.3, -0.25) is 9.00 Å². The minimum Gasteiger partial charge on any atom is -0.325 e. The Hall–Kier alpha value is -1.67. The molecule has 1 rings (SSSR count). The maximum absolute atomic E-state index is 11.4. The fourth-order valence-electron chi connectivity index (χ4n) is 1.11. The Balaban J connectivity index is 2.63. The molecule has 1 unspecified atom stereocenters. The quantitative estimate of drug-likeness (QED) is 0.855. The van der Waals surface area contributed by atoms with Gasteiger partial charge in [0.1, 0.15) is 5.75 Å². The Morgan fingerprint density at radius 1 is 1.56 bits per heavy atom. The first-order valence-electron chi connectivity index (χ1n) is 4.80. The second kappa shape index (κ2) is 6.03. The molecule has 1 atom stereocenters. The average molecular weight is 236 g/mol. The van der Waals surface area contributed by atoms with E-state index in [-0.39, 0.29) is 11.7 Å². The lowest BCUT2D eigenvalue weighted by Crippen LogP contribution is -2.20. The van der Waals surface area contributed by atoms with E-state index in [2.05, 4.69) is 5.32 Å². The number of amides is 1. The summed E-state index contributed by atoms with van der Waals surface area (Å²) in [6.45, 7) is 1.76. The Kier molecular flexibility index (Phi) is 4.67. The van der Waals surface area contributed by atoms with Crippen LogP contribution in [-0.4, -0.2) is 21.6 Å². The molecule has 1 N–H and O–H groups in total. The van der Waals surface area contributed by atoms with E-state index in [4.69, 9.17) is 5.26 Å². The number of nitrogens with one attached hydrogen (secondary N) is 1. The van der Waals surface area contributed by atoms with Crippen molar-refractivity contribution in [2.45, 2.75) is 6.92 Å². The van der Waals surface area contributed by atoms with Gasteiger partial charge in [0.25, 0.3) is 0 Å². The first kappa shape index (κ1) is 12.4. The van der Waals surface area contributed by atoms with Crippen molar-refractivity contribution in [3.63, 3.8) is 0 Å². The van der Waals surface area contributed by atoms with E-state index in [9.17, 15) is 9.00 Å². The third-order valence-corrected chi connectivity index (χ3v) is 3.12. The molecule has 1 amide bonds. The fraction of sp³-hybridized carbons (Fsp3) is 0.273. The zero-order valence-electron chi connectivity index (χ0n) is 8.90. The molecule has 84 valence electrons. The van der Waals surface area contributed by atoms with Gasteiger partial charge in [-0.05, 0) is 18.2 Å². The summed E-state index contributed by atoms with van der Waals surface area (Å²) in [6, 6.07) is 8.58. The highest BCUT2D eigenvalue weighted by Gasteiger charge is 2.06. The molecule has 0 aliphatic rings. The van der Waals surface area contributed by atoms with E-state index in [0.717, 1.165) is 0 Å². The Bertz CT molecular complexity index is 452. The van der Waals surface area contributed by atoms with Crippen molar-refractivity contribution in [3.05, 3.63) is 29.8 Å². The number of anilines is 1. The predicted octanol–water partition coefficient (Wildman–Crippen LogP) is 1.27. The van der Waals surface area contributed by atoms with Crippen LogP contribution in [0.1, 0.15) is 12.5 Å². The highest BCUT2D eigenvalue weighted by molar-refractivity contribution is 7.85. The molecular formula is C11H12N2O2S. The molecule has 1 aromatic rings. The molecule has 1 aromatic carbocycles. The summed E-state index contributed by atoms with van der Waals surface area (Å²) in [5.74, 6) is 0.161. The third-order valence-electron chi connectivity index (χ3n) is 1.89. The molecule has 0 spiro atoms. The number of benzene rings is 1. The van der Waals surface area contributed by atoms with Crippen molar-refractivity contribution in [1.29, 1.82) is 5.26 Å². The molecule has 0 saturated heterocycles. The van der Waals surface area contributed by atoms with E-state index in [0.29, 0.717) is 17.0 Å². The minimum absolute atomic E-state index is 0.00667. The summed E-state index contributed by atoms with van der Waals surface area (Å²) in [5, 5.41) is 11.3. The number of hydrogen-bond donors (Lipinski definition) is 1. The molecule has 0 aliphatic heterocycles. The Morgan fingerprint density at radius 2 is 2.31 bits per heavy atom. The van der Waals surface area contributed by atoms with E-state index in [1.54, 1.807) is 31.2 Å². The largest absolute Gasteiger partial charge is 0.325 e. The van der Waals surface area contributed by atoms with Crippen molar-refractivity contribution in [3.8, 4) is 6.07 Å². The lowest BCUT2D eigenvalue weighted by atomic mass is 10.2. The molecule has 0 bridgehead atoms. The molecule has 0 heterocycles. The zero-order valence-corrected chi connectivity index (χ0v) is 9.71. The molecule has 16 heavy (non-hydrogen) atoms. The smallest absolute Gasteiger partial charge is 0.236 e. The van der Waals surface area contributed by atoms with Crippen LogP contribution >= 0.6 is 0 Å². The maximum atomic E-state index is 11.4. The SMILES string of the molecule is CCS(=O)CC(=O)Nc1cccc(C#N)c1. The van der Waals surface area contributed by atoms with Gasteiger partial charge in [-0.25, -0.2) is 0 Å². The fourth-order valence-corrected chi connectivity index (χ4v) is 1.68. The van der Waals surface area contributed by atoms with Gasteiger partial charge in [0.2, 0.25) is 5.91 Å². The third kappa shape index (κ3) is 3.83. The van der Waals surface area contributed by atoms with E-state index in [1.165, 1.54) is 0 Å². The van der Waals surface area contributed by atoms with E-state index in [1.807, 2.05) is 6.07 Å². The molecule has 5 heteroatoms. The number of carbonyl (C=O) groups is 1. The molecular weight excluding hydrogens is 224 g/mol. The topological polar surface area (TPSA) is 70.0 Å². The number of nitriles is 1. The van der Waals surface area contributed by atoms with Crippen LogP contribution in [0.15, 0.2) is 24.3 Å². The molecule has 0 aromatic heterocycles. The van der Waals surface area contributed by atoms with Gasteiger partial charge in [-0.1, -0.05) is 13.0 Å². The van der Waals surface area contributed by atoms with Crippen LogP contribution in [0.25, 0.3) is 0 Å². The Labute approximate surface area is 96.7 Å².